The molecule has 1 fully saturated rings. The zero-order valence-electron chi connectivity index (χ0n) is 11.3. The van der Waals surface area contributed by atoms with Crippen LogP contribution in [0, 0.1) is 0 Å². The number of nitrogens with zero attached hydrogens (tertiary/aromatic N) is 1. The van der Waals surface area contributed by atoms with Crippen LogP contribution in [0.2, 0.25) is 5.02 Å². The molecule has 1 N–H and O–H groups in total. The fourth-order valence-corrected chi connectivity index (χ4v) is 2.46. The lowest BCUT2D eigenvalue weighted by Crippen LogP contribution is -2.38. The van der Waals surface area contributed by atoms with E-state index in [0.29, 0.717) is 10.8 Å². The topological polar surface area (TPSA) is 41.6 Å². The van der Waals surface area contributed by atoms with E-state index >= 15 is 0 Å². The molecule has 1 unspecified atom stereocenters. The van der Waals surface area contributed by atoms with Crippen LogP contribution in [0.15, 0.2) is 18.2 Å². The van der Waals surface area contributed by atoms with Gasteiger partial charge >= 0.3 is 0 Å². The molecule has 1 saturated heterocycles. The summed E-state index contributed by atoms with van der Waals surface area (Å²) in [6, 6.07) is 5.35. The quantitative estimate of drug-likeness (QED) is 0.902. The van der Waals surface area contributed by atoms with Crippen molar-refractivity contribution >= 4 is 23.2 Å². The first-order chi connectivity index (χ1) is 9.17. The molecular weight excluding hydrogens is 264 g/mol. The standard InChI is InChI=1S/C14H19ClN2O2/c1-3-7-16-12-6-8-17(14(12)18)10-4-5-11(15)13(9-10)19-2/h4-5,9,12,16H,3,6-8H2,1-2H3. The summed E-state index contributed by atoms with van der Waals surface area (Å²) >= 11 is 6.00. The number of ether oxygens (including phenoxy) is 1. The number of anilines is 1. The second-order valence-electron chi connectivity index (χ2n) is 4.60. The highest BCUT2D eigenvalue weighted by molar-refractivity contribution is 6.32. The monoisotopic (exact) mass is 282 g/mol. The summed E-state index contributed by atoms with van der Waals surface area (Å²) < 4.78 is 5.19. The molecule has 1 aliphatic heterocycles. The van der Waals surface area contributed by atoms with Crippen LogP contribution < -0.4 is 15.0 Å². The lowest BCUT2D eigenvalue weighted by molar-refractivity contribution is -0.118. The number of carbonyl (C=O) groups is 1. The van der Waals surface area contributed by atoms with Crippen molar-refractivity contribution in [2.45, 2.75) is 25.8 Å². The number of rotatable bonds is 5. The Labute approximate surface area is 118 Å². The molecule has 0 saturated carbocycles. The van der Waals surface area contributed by atoms with Gasteiger partial charge in [-0.2, -0.15) is 0 Å². The Morgan fingerprint density at radius 2 is 2.32 bits per heavy atom. The van der Waals surface area contributed by atoms with Crippen molar-refractivity contribution in [2.24, 2.45) is 0 Å². The average molecular weight is 283 g/mol. The number of amides is 1. The summed E-state index contributed by atoms with van der Waals surface area (Å²) in [6.07, 6.45) is 1.86. The Balaban J connectivity index is 2.13. The van der Waals surface area contributed by atoms with Crippen LogP contribution in [0.1, 0.15) is 19.8 Å². The Morgan fingerprint density at radius 1 is 1.53 bits per heavy atom. The molecule has 104 valence electrons. The van der Waals surface area contributed by atoms with Crippen LogP contribution in [0.25, 0.3) is 0 Å². The van der Waals surface area contributed by atoms with Gasteiger partial charge in [0, 0.05) is 18.3 Å². The van der Waals surface area contributed by atoms with E-state index in [1.807, 2.05) is 12.1 Å². The molecule has 1 aromatic carbocycles. The lowest BCUT2D eigenvalue weighted by atomic mass is 10.2. The van der Waals surface area contributed by atoms with Gasteiger partial charge in [0.05, 0.1) is 18.2 Å². The van der Waals surface area contributed by atoms with E-state index in [2.05, 4.69) is 12.2 Å². The highest BCUT2D eigenvalue weighted by Gasteiger charge is 2.32. The first kappa shape index (κ1) is 14.2. The van der Waals surface area contributed by atoms with Crippen LogP contribution in [0.3, 0.4) is 0 Å². The zero-order chi connectivity index (χ0) is 13.8. The number of benzene rings is 1. The Morgan fingerprint density at radius 3 is 3.00 bits per heavy atom. The third-order valence-electron chi connectivity index (χ3n) is 3.29. The van der Waals surface area contributed by atoms with Gasteiger partial charge in [0.25, 0.3) is 0 Å². The molecule has 0 aliphatic carbocycles. The number of methoxy groups -OCH3 is 1. The fourth-order valence-electron chi connectivity index (χ4n) is 2.26. The third kappa shape index (κ3) is 3.01. The predicted molar refractivity (Wildman–Crippen MR) is 77.1 cm³/mol. The maximum absolute atomic E-state index is 12.3. The van der Waals surface area contributed by atoms with Crippen molar-refractivity contribution in [1.82, 2.24) is 5.32 Å². The van der Waals surface area contributed by atoms with Gasteiger partial charge in [0.2, 0.25) is 5.91 Å². The van der Waals surface area contributed by atoms with E-state index in [1.54, 1.807) is 18.1 Å². The van der Waals surface area contributed by atoms with Gasteiger partial charge in [-0.3, -0.25) is 4.79 Å². The second-order valence-corrected chi connectivity index (χ2v) is 5.01. The van der Waals surface area contributed by atoms with Crippen molar-refractivity contribution < 1.29 is 9.53 Å². The van der Waals surface area contributed by atoms with Crippen molar-refractivity contribution in [1.29, 1.82) is 0 Å². The van der Waals surface area contributed by atoms with Crippen LogP contribution in [0.5, 0.6) is 5.75 Å². The van der Waals surface area contributed by atoms with Gasteiger partial charge in [-0.15, -0.1) is 0 Å². The molecule has 1 aliphatic rings. The summed E-state index contributed by atoms with van der Waals surface area (Å²) in [5.74, 6) is 0.717. The molecule has 0 radical (unpaired) electrons. The summed E-state index contributed by atoms with van der Waals surface area (Å²) in [5.41, 5.74) is 0.840. The van der Waals surface area contributed by atoms with E-state index < -0.39 is 0 Å². The largest absolute Gasteiger partial charge is 0.495 e. The zero-order valence-corrected chi connectivity index (χ0v) is 12.0. The van der Waals surface area contributed by atoms with Crippen LogP contribution in [0.4, 0.5) is 5.69 Å². The minimum atomic E-state index is -0.0679. The third-order valence-corrected chi connectivity index (χ3v) is 3.60. The average Bonchev–Trinajstić information content (AvgIpc) is 2.78. The smallest absolute Gasteiger partial charge is 0.244 e. The van der Waals surface area contributed by atoms with Gasteiger partial charge in [-0.1, -0.05) is 18.5 Å². The summed E-state index contributed by atoms with van der Waals surface area (Å²) in [7, 11) is 1.57. The molecule has 1 heterocycles. The molecule has 2 rings (SSSR count). The molecule has 1 aromatic rings. The number of halogens is 1. The van der Waals surface area contributed by atoms with Gasteiger partial charge in [0.1, 0.15) is 5.75 Å². The number of hydrogen-bond donors (Lipinski definition) is 1. The van der Waals surface area contributed by atoms with Gasteiger partial charge in [-0.25, -0.2) is 0 Å². The van der Waals surface area contributed by atoms with E-state index in [-0.39, 0.29) is 11.9 Å². The second kappa shape index (κ2) is 6.26. The molecule has 19 heavy (non-hydrogen) atoms. The Hall–Kier alpha value is -1.26. The minimum Gasteiger partial charge on any atom is -0.495 e. The van der Waals surface area contributed by atoms with Crippen molar-refractivity contribution in [2.75, 3.05) is 25.1 Å². The highest BCUT2D eigenvalue weighted by Crippen LogP contribution is 2.31. The van der Waals surface area contributed by atoms with Gasteiger partial charge in [0.15, 0.2) is 0 Å². The normalized spacial score (nSPS) is 19.0. The number of nitrogens with one attached hydrogen (secondary N) is 1. The van der Waals surface area contributed by atoms with Crippen LogP contribution in [-0.4, -0.2) is 32.1 Å². The number of hydrogen-bond acceptors (Lipinski definition) is 3. The summed E-state index contributed by atoms with van der Waals surface area (Å²) in [4.78, 5) is 14.1. The maximum Gasteiger partial charge on any atom is 0.244 e. The van der Waals surface area contributed by atoms with Gasteiger partial charge < -0.3 is 15.0 Å². The van der Waals surface area contributed by atoms with Crippen molar-refractivity contribution in [3.05, 3.63) is 23.2 Å². The summed E-state index contributed by atoms with van der Waals surface area (Å²) in [6.45, 7) is 3.69. The molecule has 1 amide bonds. The van der Waals surface area contributed by atoms with Crippen LogP contribution in [-0.2, 0) is 4.79 Å². The molecular formula is C14H19ClN2O2. The Bertz CT molecular complexity index is 465. The van der Waals surface area contributed by atoms with Crippen molar-refractivity contribution in [3.8, 4) is 5.75 Å². The predicted octanol–water partition coefficient (Wildman–Crippen LogP) is 2.45. The molecule has 5 heteroatoms. The maximum atomic E-state index is 12.3. The first-order valence-corrected chi connectivity index (χ1v) is 6.93. The van der Waals surface area contributed by atoms with Gasteiger partial charge in [-0.05, 0) is 31.5 Å². The molecule has 0 bridgehead atoms. The van der Waals surface area contributed by atoms with Crippen LogP contribution >= 0.6 is 11.6 Å². The number of carbonyl (C=O) groups excluding carboxylic acids is 1. The van der Waals surface area contributed by atoms with E-state index in [1.165, 1.54) is 0 Å². The highest BCUT2D eigenvalue weighted by atomic mass is 35.5. The molecule has 0 spiro atoms. The molecule has 1 atom stereocenters. The SMILES string of the molecule is CCCNC1CCN(c2ccc(Cl)c(OC)c2)C1=O. The molecule has 4 nitrogen and oxygen atoms in total. The minimum absolute atomic E-state index is 0.0679. The van der Waals surface area contributed by atoms with Crippen molar-refractivity contribution in [3.63, 3.8) is 0 Å². The molecule has 0 aromatic heterocycles. The van der Waals surface area contributed by atoms with E-state index in [4.69, 9.17) is 16.3 Å². The van der Waals surface area contributed by atoms with E-state index in [9.17, 15) is 4.79 Å². The fraction of sp³-hybridized carbons (Fsp3) is 0.500. The summed E-state index contributed by atoms with van der Waals surface area (Å²) in [5, 5.41) is 3.83. The lowest BCUT2D eigenvalue weighted by Gasteiger charge is -2.18. The Kier molecular flexibility index (Phi) is 4.66. The van der Waals surface area contributed by atoms with E-state index in [0.717, 1.165) is 31.6 Å². The first-order valence-electron chi connectivity index (χ1n) is 6.55.